The highest BCUT2D eigenvalue weighted by molar-refractivity contribution is 5.85. The van der Waals surface area contributed by atoms with E-state index >= 15 is 0 Å². The number of aromatic nitrogens is 2. The van der Waals surface area contributed by atoms with Crippen molar-refractivity contribution in [1.29, 1.82) is 5.26 Å². The lowest BCUT2D eigenvalue weighted by Gasteiger charge is -2.34. The smallest absolute Gasteiger partial charge is 0.451 e. The number of rotatable bonds is 13. The first-order chi connectivity index (χ1) is 22.6. The molecule has 2 aliphatic rings. The van der Waals surface area contributed by atoms with Gasteiger partial charge in [0.1, 0.15) is 17.7 Å². The first-order valence-electron chi connectivity index (χ1n) is 16.0. The number of piperidine rings is 1. The molecule has 0 bridgehead atoms. The summed E-state index contributed by atoms with van der Waals surface area (Å²) < 4.78 is 46.6. The van der Waals surface area contributed by atoms with Crippen molar-refractivity contribution in [2.45, 2.75) is 64.1 Å². The van der Waals surface area contributed by atoms with Crippen molar-refractivity contribution >= 4 is 29.5 Å². The van der Waals surface area contributed by atoms with E-state index in [1.807, 2.05) is 17.0 Å². The van der Waals surface area contributed by atoms with Crippen LogP contribution in [0.1, 0.15) is 62.4 Å². The predicted octanol–water partition coefficient (Wildman–Crippen LogP) is 3.55. The highest BCUT2D eigenvalue weighted by Gasteiger charge is 2.39. The molecule has 47 heavy (non-hydrogen) atoms. The zero-order valence-corrected chi connectivity index (χ0v) is 26.4. The molecule has 1 aromatic carbocycles. The number of ether oxygens (including phenoxy) is 1. The summed E-state index contributed by atoms with van der Waals surface area (Å²) in [7, 11) is 0. The van der Waals surface area contributed by atoms with Gasteiger partial charge in [-0.25, -0.2) is 14.8 Å². The number of nitrogens with one attached hydrogen (secondary N) is 3. The number of nitrogens with zero attached hydrogens (tertiary/aromatic N) is 5. The number of anilines is 2. The van der Waals surface area contributed by atoms with Crippen LogP contribution in [0.3, 0.4) is 0 Å². The van der Waals surface area contributed by atoms with Gasteiger partial charge in [-0.2, -0.15) is 18.4 Å². The minimum atomic E-state index is -4.76. The third-order valence-corrected chi connectivity index (χ3v) is 8.29. The first kappa shape index (κ1) is 35.2. The zero-order valence-electron chi connectivity index (χ0n) is 26.4. The fourth-order valence-electron chi connectivity index (χ4n) is 5.78. The Morgan fingerprint density at radius 2 is 1.68 bits per heavy atom. The van der Waals surface area contributed by atoms with Crippen LogP contribution < -0.4 is 25.8 Å². The van der Waals surface area contributed by atoms with Gasteiger partial charge in [-0.05, 0) is 69.1 Å². The maximum atomic E-state index is 13.9. The molecule has 15 heteroatoms. The Balaban J connectivity index is 1.31. The van der Waals surface area contributed by atoms with Crippen LogP contribution in [0.25, 0.3) is 0 Å². The zero-order chi connectivity index (χ0) is 33.8. The lowest BCUT2D eigenvalue weighted by Crippen LogP contribution is -2.44. The van der Waals surface area contributed by atoms with Crippen molar-refractivity contribution in [3.05, 3.63) is 47.3 Å². The fourth-order valence-corrected chi connectivity index (χ4v) is 5.78. The topological polar surface area (TPSA) is 153 Å². The van der Waals surface area contributed by atoms with Crippen molar-refractivity contribution in [3.63, 3.8) is 0 Å². The van der Waals surface area contributed by atoms with E-state index in [9.17, 15) is 27.6 Å². The van der Waals surface area contributed by atoms with E-state index in [2.05, 4.69) is 32.0 Å². The molecule has 1 aromatic heterocycles. The van der Waals surface area contributed by atoms with Crippen molar-refractivity contribution < 1.29 is 32.3 Å². The fraction of sp³-hybridized carbons (Fsp3) is 0.562. The molecule has 0 unspecified atom stereocenters. The molecule has 254 valence electrons. The van der Waals surface area contributed by atoms with Gasteiger partial charge >= 0.3 is 18.2 Å². The van der Waals surface area contributed by atoms with Crippen molar-refractivity contribution in [3.8, 4) is 6.07 Å². The molecule has 0 saturated carbocycles. The van der Waals surface area contributed by atoms with Gasteiger partial charge in [0.05, 0.1) is 24.7 Å². The summed E-state index contributed by atoms with van der Waals surface area (Å²) in [6.07, 6.45) is -0.864. The lowest BCUT2D eigenvalue weighted by molar-refractivity contribution is -0.145. The van der Waals surface area contributed by atoms with Gasteiger partial charge in [-0.1, -0.05) is 12.1 Å². The van der Waals surface area contributed by atoms with Gasteiger partial charge in [0.25, 0.3) is 0 Å². The summed E-state index contributed by atoms with van der Waals surface area (Å²) in [5, 5.41) is 17.2. The molecule has 3 heterocycles. The molecule has 0 radical (unpaired) electrons. The van der Waals surface area contributed by atoms with Gasteiger partial charge in [0.2, 0.25) is 11.7 Å². The van der Waals surface area contributed by atoms with Gasteiger partial charge in [0, 0.05) is 45.3 Å². The molecule has 12 nitrogen and oxygen atoms in total. The van der Waals surface area contributed by atoms with Crippen molar-refractivity contribution in [2.24, 2.45) is 5.92 Å². The number of alkyl halides is 3. The largest absolute Gasteiger partial charge is 0.466 e. The lowest BCUT2D eigenvalue weighted by atomic mass is 9.93. The normalized spacial score (nSPS) is 16.8. The van der Waals surface area contributed by atoms with E-state index in [1.54, 1.807) is 30.0 Å². The van der Waals surface area contributed by atoms with Crippen LogP contribution in [-0.2, 0) is 26.9 Å². The SMILES string of the molecule is CCOC(=O)CCNC(=O)NCCC1CCN(c2cc(N3CCC[C@H]3C(=O)NCCc3ccc(C#N)cc3)nc(C(F)(F)F)n2)CC1. The maximum absolute atomic E-state index is 13.9. The molecule has 2 aromatic rings. The predicted molar refractivity (Wildman–Crippen MR) is 167 cm³/mol. The number of hydrogen-bond donors (Lipinski definition) is 3. The van der Waals surface area contributed by atoms with Gasteiger partial charge in [-0.3, -0.25) is 9.59 Å². The van der Waals surface area contributed by atoms with Crippen LogP contribution in [-0.4, -0.2) is 79.8 Å². The first-order valence-corrected chi connectivity index (χ1v) is 16.0. The Morgan fingerprint density at radius 1 is 0.979 bits per heavy atom. The Hall–Kier alpha value is -4.61. The maximum Gasteiger partial charge on any atom is 0.451 e. The van der Waals surface area contributed by atoms with Crippen LogP contribution >= 0.6 is 0 Å². The number of nitriles is 1. The number of carbonyl (C=O) groups excluding carboxylic acids is 3. The number of urea groups is 1. The van der Waals surface area contributed by atoms with Crippen LogP contribution in [0.2, 0.25) is 0 Å². The Morgan fingerprint density at radius 3 is 2.36 bits per heavy atom. The minimum absolute atomic E-state index is 0.0763. The number of hydrogen-bond acceptors (Lipinski definition) is 9. The van der Waals surface area contributed by atoms with E-state index in [4.69, 9.17) is 10.00 Å². The van der Waals surface area contributed by atoms with Crippen LogP contribution in [0.5, 0.6) is 0 Å². The number of carbonyl (C=O) groups is 3. The molecule has 2 saturated heterocycles. The van der Waals surface area contributed by atoms with Crippen LogP contribution in [0.15, 0.2) is 30.3 Å². The molecule has 0 spiro atoms. The second-order valence-electron chi connectivity index (χ2n) is 11.6. The van der Waals surface area contributed by atoms with E-state index in [0.29, 0.717) is 76.8 Å². The summed E-state index contributed by atoms with van der Waals surface area (Å²) in [5.41, 5.74) is 1.50. The third-order valence-electron chi connectivity index (χ3n) is 8.29. The quantitative estimate of drug-likeness (QED) is 0.275. The highest BCUT2D eigenvalue weighted by atomic mass is 19.4. The molecule has 4 rings (SSSR count). The van der Waals surface area contributed by atoms with Crippen molar-refractivity contribution in [1.82, 2.24) is 25.9 Å². The van der Waals surface area contributed by atoms with E-state index in [-0.39, 0.29) is 55.0 Å². The van der Waals surface area contributed by atoms with Gasteiger partial charge in [0.15, 0.2) is 0 Å². The third kappa shape index (κ3) is 10.5. The van der Waals surface area contributed by atoms with E-state index in [0.717, 1.165) is 5.56 Å². The monoisotopic (exact) mass is 658 g/mol. The summed E-state index contributed by atoms with van der Waals surface area (Å²) in [5.74, 6) is -1.37. The molecule has 0 aliphatic carbocycles. The Kier molecular flexibility index (Phi) is 12.6. The highest BCUT2D eigenvalue weighted by Crippen LogP contribution is 2.34. The van der Waals surface area contributed by atoms with Crippen LogP contribution in [0, 0.1) is 17.2 Å². The van der Waals surface area contributed by atoms with Gasteiger partial charge < -0.3 is 30.5 Å². The molecular formula is C32H41F3N8O4. The Labute approximate surface area is 272 Å². The number of esters is 1. The van der Waals surface area contributed by atoms with E-state index < -0.39 is 18.0 Å². The van der Waals surface area contributed by atoms with Crippen molar-refractivity contribution in [2.75, 3.05) is 55.7 Å². The standard InChI is InChI=1S/C32H41F3N8O4/c1-2-47-28(44)11-16-39-31(46)38-15-10-23-12-18-42(19-13-23)26-20-27(41-30(40-26)32(33,34)35)43-17-3-4-25(43)29(45)37-14-9-22-5-7-24(21-36)8-6-22/h5-8,20,23,25H,2-4,9-19H2,1H3,(H,37,45)(H2,38,39,46)/t25-/m0/s1. The number of benzene rings is 1. The average molecular weight is 659 g/mol. The minimum Gasteiger partial charge on any atom is -0.466 e. The second-order valence-corrected chi connectivity index (χ2v) is 11.6. The van der Waals surface area contributed by atoms with E-state index in [1.165, 1.54) is 0 Å². The average Bonchev–Trinajstić information content (AvgIpc) is 3.55. The summed E-state index contributed by atoms with van der Waals surface area (Å²) >= 11 is 0. The molecular weight excluding hydrogens is 617 g/mol. The number of halogens is 3. The molecule has 2 fully saturated rings. The summed E-state index contributed by atoms with van der Waals surface area (Å²) in [6.45, 7) is 4.32. The number of amides is 3. The van der Waals surface area contributed by atoms with Crippen LogP contribution in [0.4, 0.5) is 29.6 Å². The Bertz CT molecular complexity index is 1410. The molecule has 3 N–H and O–H groups in total. The molecule has 1 atom stereocenters. The molecule has 3 amide bonds. The summed E-state index contributed by atoms with van der Waals surface area (Å²) in [6, 6.07) is 9.64. The molecule has 2 aliphatic heterocycles. The summed E-state index contributed by atoms with van der Waals surface area (Å²) in [4.78, 5) is 47.7. The van der Waals surface area contributed by atoms with Gasteiger partial charge in [-0.15, -0.1) is 0 Å². The second kappa shape index (κ2) is 16.8.